The van der Waals surface area contributed by atoms with Crippen LogP contribution in [0, 0.1) is 12.7 Å². The summed E-state index contributed by atoms with van der Waals surface area (Å²) >= 11 is 0. The average molecular weight is 318 g/mol. The number of hydrogen-bond acceptors (Lipinski definition) is 3. The second-order valence-corrected chi connectivity index (χ2v) is 5.51. The molecule has 0 radical (unpaired) electrons. The van der Waals surface area contributed by atoms with Crippen molar-refractivity contribution < 1.29 is 4.39 Å². The van der Waals surface area contributed by atoms with Gasteiger partial charge in [-0.05, 0) is 55.5 Å². The van der Waals surface area contributed by atoms with Crippen molar-refractivity contribution in [3.63, 3.8) is 0 Å². The van der Waals surface area contributed by atoms with Crippen molar-refractivity contribution in [2.75, 3.05) is 5.32 Å². The number of aromatic nitrogens is 3. The molecule has 0 fully saturated rings. The van der Waals surface area contributed by atoms with Gasteiger partial charge in [-0.25, -0.2) is 14.4 Å². The Bertz CT molecular complexity index is 991. The highest BCUT2D eigenvalue weighted by Gasteiger charge is 2.10. The average Bonchev–Trinajstić information content (AvgIpc) is 2.92. The first kappa shape index (κ1) is 14.4. The minimum atomic E-state index is -0.267. The third-order valence-electron chi connectivity index (χ3n) is 3.85. The van der Waals surface area contributed by atoms with Crippen LogP contribution in [0.4, 0.5) is 15.9 Å². The summed E-state index contributed by atoms with van der Waals surface area (Å²) in [5, 5.41) is 3.24. The summed E-state index contributed by atoms with van der Waals surface area (Å²) in [6.07, 6.45) is 1.74. The van der Waals surface area contributed by atoms with Crippen LogP contribution in [0.15, 0.2) is 66.9 Å². The van der Waals surface area contributed by atoms with Crippen molar-refractivity contribution in [2.24, 2.45) is 0 Å². The molecule has 0 spiro atoms. The predicted octanol–water partition coefficient (Wildman–Crippen LogP) is 4.61. The van der Waals surface area contributed by atoms with Gasteiger partial charge in [-0.2, -0.15) is 0 Å². The lowest BCUT2D eigenvalue weighted by molar-refractivity contribution is 0.629. The maximum Gasteiger partial charge on any atom is 0.130 e. The summed E-state index contributed by atoms with van der Waals surface area (Å²) in [7, 11) is 0. The van der Waals surface area contributed by atoms with Crippen LogP contribution < -0.4 is 5.32 Å². The lowest BCUT2D eigenvalue weighted by Gasteiger charge is -2.09. The monoisotopic (exact) mass is 318 g/mol. The molecule has 5 heteroatoms. The second-order valence-electron chi connectivity index (χ2n) is 5.51. The molecule has 0 saturated carbocycles. The molecule has 0 unspecified atom stereocenters. The van der Waals surface area contributed by atoms with E-state index in [0.717, 1.165) is 34.1 Å². The van der Waals surface area contributed by atoms with E-state index in [4.69, 9.17) is 0 Å². The molecule has 0 aliphatic rings. The van der Waals surface area contributed by atoms with Gasteiger partial charge in [-0.1, -0.05) is 6.07 Å². The fourth-order valence-corrected chi connectivity index (χ4v) is 2.77. The van der Waals surface area contributed by atoms with Crippen molar-refractivity contribution in [1.82, 2.24) is 14.5 Å². The van der Waals surface area contributed by atoms with Gasteiger partial charge < -0.3 is 5.32 Å². The first-order valence-corrected chi connectivity index (χ1v) is 7.64. The molecule has 4 nitrogen and oxygen atoms in total. The second kappa shape index (κ2) is 5.77. The normalized spacial score (nSPS) is 10.9. The molecule has 118 valence electrons. The maximum atomic E-state index is 13.6. The third kappa shape index (κ3) is 2.60. The minimum Gasteiger partial charge on any atom is -0.340 e. The summed E-state index contributed by atoms with van der Waals surface area (Å²) < 4.78 is 15.5. The Morgan fingerprint density at radius 3 is 2.58 bits per heavy atom. The number of halogens is 1. The standard InChI is InChI=1S/C19H15FN4/c1-13-22-17-10-5-14(20)12-18(17)24(13)16-8-6-15(7-9-16)23-19-4-2-3-11-21-19/h2-12H,1H3,(H,21,23). The predicted molar refractivity (Wildman–Crippen MR) is 93.3 cm³/mol. The van der Waals surface area contributed by atoms with Crippen molar-refractivity contribution in [1.29, 1.82) is 0 Å². The number of anilines is 2. The molecule has 0 aliphatic carbocycles. The highest BCUT2D eigenvalue weighted by Crippen LogP contribution is 2.24. The van der Waals surface area contributed by atoms with Crippen LogP contribution >= 0.6 is 0 Å². The summed E-state index contributed by atoms with van der Waals surface area (Å²) in [5.41, 5.74) is 3.42. The van der Waals surface area contributed by atoms with E-state index in [2.05, 4.69) is 15.3 Å². The van der Waals surface area contributed by atoms with E-state index >= 15 is 0 Å². The van der Waals surface area contributed by atoms with Crippen LogP contribution in [0.25, 0.3) is 16.7 Å². The van der Waals surface area contributed by atoms with Crippen molar-refractivity contribution >= 4 is 22.5 Å². The van der Waals surface area contributed by atoms with Gasteiger partial charge in [0.05, 0.1) is 11.0 Å². The van der Waals surface area contributed by atoms with Crippen molar-refractivity contribution in [3.05, 3.63) is 78.5 Å². The zero-order valence-corrected chi connectivity index (χ0v) is 13.1. The zero-order valence-electron chi connectivity index (χ0n) is 13.1. The van der Waals surface area contributed by atoms with Gasteiger partial charge in [-0.3, -0.25) is 4.57 Å². The minimum absolute atomic E-state index is 0.267. The fourth-order valence-electron chi connectivity index (χ4n) is 2.77. The molecule has 24 heavy (non-hydrogen) atoms. The molecule has 0 amide bonds. The molecule has 4 aromatic rings. The molecule has 0 atom stereocenters. The zero-order chi connectivity index (χ0) is 16.5. The number of pyridine rings is 1. The lowest BCUT2D eigenvalue weighted by Crippen LogP contribution is -1.98. The first-order valence-electron chi connectivity index (χ1n) is 7.64. The first-order chi connectivity index (χ1) is 11.7. The van der Waals surface area contributed by atoms with Gasteiger partial charge in [-0.15, -0.1) is 0 Å². The Hall–Kier alpha value is -3.21. The number of rotatable bonds is 3. The van der Waals surface area contributed by atoms with Gasteiger partial charge in [0.25, 0.3) is 0 Å². The summed E-state index contributed by atoms with van der Waals surface area (Å²) in [5.74, 6) is 1.34. The number of imidazole rings is 1. The van der Waals surface area contributed by atoms with E-state index in [9.17, 15) is 4.39 Å². The summed E-state index contributed by atoms with van der Waals surface area (Å²) in [4.78, 5) is 8.73. The number of aryl methyl sites for hydroxylation is 1. The smallest absolute Gasteiger partial charge is 0.130 e. The van der Waals surface area contributed by atoms with Crippen LogP contribution in [0.5, 0.6) is 0 Å². The van der Waals surface area contributed by atoms with Crippen LogP contribution in [0.2, 0.25) is 0 Å². The SMILES string of the molecule is Cc1nc2ccc(F)cc2n1-c1ccc(Nc2ccccn2)cc1. The topological polar surface area (TPSA) is 42.7 Å². The van der Waals surface area contributed by atoms with Crippen LogP contribution in [0.3, 0.4) is 0 Å². The number of fused-ring (bicyclic) bond motifs is 1. The van der Waals surface area contributed by atoms with Crippen molar-refractivity contribution in [2.45, 2.75) is 6.92 Å². The van der Waals surface area contributed by atoms with Crippen LogP contribution in [-0.2, 0) is 0 Å². The molecule has 1 N–H and O–H groups in total. The Morgan fingerprint density at radius 2 is 1.83 bits per heavy atom. The quantitative estimate of drug-likeness (QED) is 0.600. The Labute approximate surface area is 138 Å². The van der Waals surface area contributed by atoms with E-state index in [-0.39, 0.29) is 5.82 Å². The lowest BCUT2D eigenvalue weighted by atomic mass is 10.2. The number of benzene rings is 2. The van der Waals surface area contributed by atoms with Gasteiger partial charge in [0.2, 0.25) is 0 Å². The Kier molecular flexibility index (Phi) is 3.46. The Balaban J connectivity index is 1.70. The molecule has 0 saturated heterocycles. The molecule has 2 aromatic carbocycles. The molecule has 0 aliphatic heterocycles. The highest BCUT2D eigenvalue weighted by atomic mass is 19.1. The maximum absolute atomic E-state index is 13.6. The molecule has 0 bridgehead atoms. The van der Waals surface area contributed by atoms with E-state index < -0.39 is 0 Å². The number of nitrogens with one attached hydrogen (secondary N) is 1. The molecule has 2 heterocycles. The summed E-state index contributed by atoms with van der Waals surface area (Å²) in [6.45, 7) is 1.91. The summed E-state index contributed by atoms with van der Waals surface area (Å²) in [6, 6.07) is 18.2. The van der Waals surface area contributed by atoms with Gasteiger partial charge >= 0.3 is 0 Å². The van der Waals surface area contributed by atoms with E-state index in [1.54, 1.807) is 12.3 Å². The molecular formula is C19H15FN4. The fraction of sp³-hybridized carbons (Fsp3) is 0.0526. The van der Waals surface area contributed by atoms with Crippen LogP contribution in [0.1, 0.15) is 5.82 Å². The number of hydrogen-bond donors (Lipinski definition) is 1. The molecule has 2 aromatic heterocycles. The van der Waals surface area contributed by atoms with Gasteiger partial charge in [0.1, 0.15) is 17.5 Å². The molecular weight excluding hydrogens is 303 g/mol. The van der Waals surface area contributed by atoms with E-state index in [1.165, 1.54) is 12.1 Å². The largest absolute Gasteiger partial charge is 0.340 e. The van der Waals surface area contributed by atoms with Gasteiger partial charge in [0.15, 0.2) is 0 Å². The van der Waals surface area contributed by atoms with Gasteiger partial charge in [0, 0.05) is 23.6 Å². The van der Waals surface area contributed by atoms with E-state index in [1.807, 2.05) is 54.0 Å². The number of nitrogens with zero attached hydrogens (tertiary/aromatic N) is 3. The van der Waals surface area contributed by atoms with Crippen molar-refractivity contribution in [3.8, 4) is 5.69 Å². The Morgan fingerprint density at radius 1 is 1.00 bits per heavy atom. The highest BCUT2D eigenvalue weighted by molar-refractivity contribution is 5.78. The van der Waals surface area contributed by atoms with Crippen LogP contribution in [-0.4, -0.2) is 14.5 Å². The molecule has 4 rings (SSSR count). The van der Waals surface area contributed by atoms with E-state index in [0.29, 0.717) is 0 Å². The third-order valence-corrected chi connectivity index (χ3v) is 3.85.